The van der Waals surface area contributed by atoms with Crippen LogP contribution < -0.4 is 0 Å². The number of benzene rings is 1. The maximum absolute atomic E-state index is 11.0. The summed E-state index contributed by atoms with van der Waals surface area (Å²) in [4.78, 5) is 11.0. The number of aliphatic hydroxyl groups is 1. The highest BCUT2D eigenvalue weighted by atomic mass is 16.3. The van der Waals surface area contributed by atoms with E-state index in [2.05, 4.69) is 0 Å². The van der Waals surface area contributed by atoms with Gasteiger partial charge in [0.05, 0.1) is 0 Å². The standard InChI is InChI=1S/C11H12O2/c1-9(12)11(13)8-7-10-5-3-2-4-6-10/h2-9,12H,1H3/b8-7+. The van der Waals surface area contributed by atoms with Crippen LogP contribution in [0.2, 0.25) is 0 Å². The first kappa shape index (κ1) is 9.68. The molecule has 0 radical (unpaired) electrons. The Hall–Kier alpha value is -1.41. The Balaban J connectivity index is 2.64. The molecule has 1 rings (SSSR count). The van der Waals surface area contributed by atoms with E-state index in [4.69, 9.17) is 5.11 Å². The Morgan fingerprint density at radius 1 is 1.38 bits per heavy atom. The third-order valence-corrected chi connectivity index (χ3v) is 1.65. The Labute approximate surface area is 77.5 Å². The smallest absolute Gasteiger partial charge is 0.183 e. The van der Waals surface area contributed by atoms with Crippen LogP contribution in [-0.2, 0) is 4.79 Å². The molecule has 0 aliphatic carbocycles. The average Bonchev–Trinajstić information content (AvgIpc) is 2.15. The zero-order valence-corrected chi connectivity index (χ0v) is 7.47. The highest BCUT2D eigenvalue weighted by molar-refractivity contribution is 5.96. The summed E-state index contributed by atoms with van der Waals surface area (Å²) in [7, 11) is 0. The van der Waals surface area contributed by atoms with E-state index in [-0.39, 0.29) is 5.78 Å². The monoisotopic (exact) mass is 176 g/mol. The van der Waals surface area contributed by atoms with Crippen molar-refractivity contribution in [3.8, 4) is 0 Å². The lowest BCUT2D eigenvalue weighted by molar-refractivity contribution is -0.121. The molecule has 2 heteroatoms. The molecule has 1 N–H and O–H groups in total. The molecule has 0 aliphatic heterocycles. The number of ketones is 1. The summed E-state index contributed by atoms with van der Waals surface area (Å²) in [5.74, 6) is -0.274. The second kappa shape index (κ2) is 4.58. The fourth-order valence-electron chi connectivity index (χ4n) is 0.882. The van der Waals surface area contributed by atoms with Gasteiger partial charge < -0.3 is 5.11 Å². The lowest BCUT2D eigenvalue weighted by Gasteiger charge is -1.96. The van der Waals surface area contributed by atoms with Gasteiger partial charge >= 0.3 is 0 Å². The minimum Gasteiger partial charge on any atom is -0.385 e. The van der Waals surface area contributed by atoms with Crippen molar-refractivity contribution >= 4 is 11.9 Å². The van der Waals surface area contributed by atoms with Gasteiger partial charge in [0.25, 0.3) is 0 Å². The third-order valence-electron chi connectivity index (χ3n) is 1.65. The lowest BCUT2D eigenvalue weighted by atomic mass is 10.1. The van der Waals surface area contributed by atoms with Crippen LogP contribution in [0.15, 0.2) is 36.4 Å². The SMILES string of the molecule is CC(O)C(=O)/C=C/c1ccccc1. The quantitative estimate of drug-likeness (QED) is 0.711. The average molecular weight is 176 g/mol. The number of carbonyl (C=O) groups excluding carboxylic acids is 1. The highest BCUT2D eigenvalue weighted by Crippen LogP contribution is 2.01. The number of aliphatic hydroxyl groups excluding tert-OH is 1. The molecule has 13 heavy (non-hydrogen) atoms. The van der Waals surface area contributed by atoms with Crippen molar-refractivity contribution in [1.82, 2.24) is 0 Å². The number of hydrogen-bond acceptors (Lipinski definition) is 2. The first-order chi connectivity index (χ1) is 6.20. The van der Waals surface area contributed by atoms with E-state index in [1.165, 1.54) is 13.0 Å². The summed E-state index contributed by atoms with van der Waals surface area (Å²) in [6, 6.07) is 9.49. The molecule has 0 saturated heterocycles. The summed E-state index contributed by atoms with van der Waals surface area (Å²) in [5.41, 5.74) is 0.955. The molecule has 0 spiro atoms. The van der Waals surface area contributed by atoms with E-state index in [0.29, 0.717) is 0 Å². The molecular formula is C11H12O2. The fraction of sp³-hybridized carbons (Fsp3) is 0.182. The van der Waals surface area contributed by atoms with E-state index < -0.39 is 6.10 Å². The Kier molecular flexibility index (Phi) is 3.41. The molecule has 1 aromatic carbocycles. The van der Waals surface area contributed by atoms with E-state index in [1.807, 2.05) is 30.3 Å². The summed E-state index contributed by atoms with van der Waals surface area (Å²) in [6.45, 7) is 1.46. The van der Waals surface area contributed by atoms with Crippen LogP contribution in [-0.4, -0.2) is 17.0 Å². The molecule has 0 saturated carbocycles. The first-order valence-electron chi connectivity index (χ1n) is 4.15. The van der Waals surface area contributed by atoms with Gasteiger partial charge in [0.1, 0.15) is 6.10 Å². The van der Waals surface area contributed by atoms with Crippen molar-refractivity contribution in [3.05, 3.63) is 42.0 Å². The van der Waals surface area contributed by atoms with E-state index in [0.717, 1.165) is 5.56 Å². The van der Waals surface area contributed by atoms with Crippen LogP contribution in [0.3, 0.4) is 0 Å². The van der Waals surface area contributed by atoms with Crippen molar-refractivity contribution < 1.29 is 9.90 Å². The number of hydrogen-bond donors (Lipinski definition) is 1. The minimum absolute atomic E-state index is 0.274. The predicted molar refractivity (Wildman–Crippen MR) is 52.2 cm³/mol. The summed E-state index contributed by atoms with van der Waals surface area (Å²) < 4.78 is 0. The third kappa shape index (κ3) is 3.22. The topological polar surface area (TPSA) is 37.3 Å². The summed E-state index contributed by atoms with van der Waals surface area (Å²) in [6.07, 6.45) is 2.16. The van der Waals surface area contributed by atoms with Gasteiger partial charge in [-0.15, -0.1) is 0 Å². The zero-order valence-electron chi connectivity index (χ0n) is 7.47. The molecular weight excluding hydrogens is 164 g/mol. The van der Waals surface area contributed by atoms with E-state index in [9.17, 15) is 4.79 Å². The van der Waals surface area contributed by atoms with Crippen LogP contribution in [0.25, 0.3) is 6.08 Å². The highest BCUT2D eigenvalue weighted by Gasteiger charge is 2.02. The van der Waals surface area contributed by atoms with Gasteiger partial charge in [-0.05, 0) is 18.6 Å². The van der Waals surface area contributed by atoms with Gasteiger partial charge in [-0.2, -0.15) is 0 Å². The molecule has 0 amide bonds. The van der Waals surface area contributed by atoms with Gasteiger partial charge in [-0.1, -0.05) is 36.4 Å². The molecule has 0 aromatic heterocycles. The molecule has 1 unspecified atom stereocenters. The fourth-order valence-corrected chi connectivity index (χ4v) is 0.882. The van der Waals surface area contributed by atoms with Crippen molar-refractivity contribution in [2.45, 2.75) is 13.0 Å². The molecule has 1 atom stereocenters. The van der Waals surface area contributed by atoms with Gasteiger partial charge in [0, 0.05) is 0 Å². The molecule has 0 fully saturated rings. The van der Waals surface area contributed by atoms with Gasteiger partial charge in [-0.25, -0.2) is 0 Å². The molecule has 0 aliphatic rings. The van der Waals surface area contributed by atoms with Crippen molar-refractivity contribution in [2.75, 3.05) is 0 Å². The van der Waals surface area contributed by atoms with Crippen LogP contribution >= 0.6 is 0 Å². The second-order valence-electron chi connectivity index (χ2n) is 2.82. The summed E-state index contributed by atoms with van der Waals surface area (Å²) >= 11 is 0. The van der Waals surface area contributed by atoms with Gasteiger partial charge in [0.15, 0.2) is 5.78 Å². The van der Waals surface area contributed by atoms with Crippen LogP contribution in [0.4, 0.5) is 0 Å². The van der Waals surface area contributed by atoms with Crippen molar-refractivity contribution in [2.24, 2.45) is 0 Å². The summed E-state index contributed by atoms with van der Waals surface area (Å²) in [5, 5.41) is 8.90. The van der Waals surface area contributed by atoms with Crippen LogP contribution in [0, 0.1) is 0 Å². The van der Waals surface area contributed by atoms with Gasteiger partial charge in [-0.3, -0.25) is 4.79 Å². The molecule has 68 valence electrons. The number of rotatable bonds is 3. The Bertz CT molecular complexity index is 299. The Morgan fingerprint density at radius 2 is 2.00 bits per heavy atom. The van der Waals surface area contributed by atoms with Gasteiger partial charge in [0.2, 0.25) is 0 Å². The van der Waals surface area contributed by atoms with E-state index >= 15 is 0 Å². The number of carbonyl (C=O) groups is 1. The minimum atomic E-state index is -0.917. The zero-order chi connectivity index (χ0) is 9.68. The van der Waals surface area contributed by atoms with Crippen LogP contribution in [0.5, 0.6) is 0 Å². The normalized spacial score (nSPS) is 13.1. The lowest BCUT2D eigenvalue weighted by Crippen LogP contribution is -2.12. The maximum Gasteiger partial charge on any atom is 0.183 e. The van der Waals surface area contributed by atoms with Crippen molar-refractivity contribution in [3.63, 3.8) is 0 Å². The van der Waals surface area contributed by atoms with Crippen LogP contribution in [0.1, 0.15) is 12.5 Å². The van der Waals surface area contributed by atoms with E-state index in [1.54, 1.807) is 6.08 Å². The molecule has 0 heterocycles. The molecule has 2 nitrogen and oxygen atoms in total. The first-order valence-corrected chi connectivity index (χ1v) is 4.15. The largest absolute Gasteiger partial charge is 0.385 e. The Morgan fingerprint density at radius 3 is 2.54 bits per heavy atom. The second-order valence-corrected chi connectivity index (χ2v) is 2.82. The molecule has 0 bridgehead atoms. The van der Waals surface area contributed by atoms with Crippen molar-refractivity contribution in [1.29, 1.82) is 0 Å². The maximum atomic E-state index is 11.0. The molecule has 1 aromatic rings. The predicted octanol–water partition coefficient (Wildman–Crippen LogP) is 1.65.